The highest BCUT2D eigenvalue weighted by atomic mass is 19.4. The van der Waals surface area contributed by atoms with Crippen LogP contribution in [0.3, 0.4) is 0 Å². The molecule has 0 aliphatic heterocycles. The van der Waals surface area contributed by atoms with Crippen molar-refractivity contribution in [3.05, 3.63) is 41.8 Å². The largest absolute Gasteiger partial charge is 0.416 e. The van der Waals surface area contributed by atoms with E-state index in [2.05, 4.69) is 10.5 Å². The molecule has 0 aliphatic carbocycles. The first-order valence-corrected chi connectivity index (χ1v) is 5.78. The maximum atomic E-state index is 12.5. The van der Waals surface area contributed by atoms with Crippen LogP contribution in [-0.2, 0) is 12.6 Å². The average molecular weight is 270 g/mol. The van der Waals surface area contributed by atoms with Crippen LogP contribution in [0.4, 0.5) is 13.2 Å². The van der Waals surface area contributed by atoms with E-state index in [9.17, 15) is 13.2 Å². The first kappa shape index (κ1) is 13.6. The molecule has 0 saturated carbocycles. The number of hydrogen-bond donors (Lipinski definition) is 1. The minimum atomic E-state index is -4.32. The Bertz CT molecular complexity index is 532. The van der Waals surface area contributed by atoms with E-state index in [4.69, 9.17) is 4.52 Å². The molecule has 0 bridgehead atoms. The minimum Gasteiger partial charge on any atom is -0.364 e. The molecule has 2 rings (SSSR count). The van der Waals surface area contributed by atoms with Gasteiger partial charge in [-0.05, 0) is 24.7 Å². The summed E-state index contributed by atoms with van der Waals surface area (Å²) in [7, 11) is 1.82. The molecule has 2 aromatic rings. The smallest absolute Gasteiger partial charge is 0.364 e. The number of hydrogen-bond acceptors (Lipinski definition) is 3. The highest BCUT2D eigenvalue weighted by molar-refractivity contribution is 5.65. The summed E-state index contributed by atoms with van der Waals surface area (Å²) in [6.07, 6.45) is -2.21. The van der Waals surface area contributed by atoms with Gasteiger partial charge in [-0.3, -0.25) is 0 Å². The van der Waals surface area contributed by atoms with Gasteiger partial charge in [0, 0.05) is 18.5 Å². The number of nitrogens with one attached hydrogen (secondary N) is 1. The molecule has 0 spiro atoms. The van der Waals surface area contributed by atoms with E-state index < -0.39 is 11.7 Å². The zero-order valence-corrected chi connectivity index (χ0v) is 10.3. The van der Waals surface area contributed by atoms with Crippen molar-refractivity contribution >= 4 is 0 Å². The lowest BCUT2D eigenvalue weighted by Gasteiger charge is -2.07. The van der Waals surface area contributed by atoms with Crippen molar-refractivity contribution in [2.75, 3.05) is 13.6 Å². The fraction of sp³-hybridized carbons (Fsp3) is 0.308. The van der Waals surface area contributed by atoms with Gasteiger partial charge in [0.2, 0.25) is 0 Å². The van der Waals surface area contributed by atoms with Crippen LogP contribution in [0.25, 0.3) is 11.1 Å². The number of likely N-dealkylation sites (N-methyl/N-ethyl adjacent to an activating group) is 1. The molecule has 6 heteroatoms. The van der Waals surface area contributed by atoms with Crippen molar-refractivity contribution in [3.8, 4) is 11.1 Å². The van der Waals surface area contributed by atoms with Crippen LogP contribution < -0.4 is 5.32 Å². The van der Waals surface area contributed by atoms with E-state index >= 15 is 0 Å². The minimum absolute atomic E-state index is 0.656. The number of benzene rings is 1. The van der Waals surface area contributed by atoms with Gasteiger partial charge in [-0.25, -0.2) is 0 Å². The van der Waals surface area contributed by atoms with Gasteiger partial charge in [0.25, 0.3) is 0 Å². The zero-order chi connectivity index (χ0) is 13.9. The summed E-state index contributed by atoms with van der Waals surface area (Å²) < 4.78 is 42.3. The first-order valence-electron chi connectivity index (χ1n) is 5.78. The normalized spacial score (nSPS) is 11.8. The molecule has 3 nitrogen and oxygen atoms in total. The molecule has 0 radical (unpaired) electrons. The molecule has 1 aromatic carbocycles. The fourth-order valence-corrected chi connectivity index (χ4v) is 1.76. The van der Waals surface area contributed by atoms with Crippen LogP contribution >= 0.6 is 0 Å². The van der Waals surface area contributed by atoms with Crippen LogP contribution in [0.1, 0.15) is 11.3 Å². The molecule has 1 aromatic heterocycles. The van der Waals surface area contributed by atoms with E-state index in [0.717, 1.165) is 29.9 Å². The molecule has 0 atom stereocenters. The predicted molar refractivity (Wildman–Crippen MR) is 64.6 cm³/mol. The van der Waals surface area contributed by atoms with Crippen molar-refractivity contribution in [2.45, 2.75) is 12.6 Å². The second-order valence-corrected chi connectivity index (χ2v) is 4.10. The lowest BCUT2D eigenvalue weighted by Crippen LogP contribution is -2.11. The average Bonchev–Trinajstić information content (AvgIpc) is 2.83. The van der Waals surface area contributed by atoms with Crippen molar-refractivity contribution in [1.29, 1.82) is 0 Å². The Morgan fingerprint density at radius 1 is 1.21 bits per heavy atom. The van der Waals surface area contributed by atoms with Crippen molar-refractivity contribution < 1.29 is 17.7 Å². The van der Waals surface area contributed by atoms with Gasteiger partial charge in [-0.2, -0.15) is 13.2 Å². The molecule has 1 N–H and O–H groups in total. The van der Waals surface area contributed by atoms with Gasteiger partial charge in [0.05, 0.1) is 11.3 Å². The van der Waals surface area contributed by atoms with Crippen LogP contribution in [0.5, 0.6) is 0 Å². The molecule has 102 valence electrons. The summed E-state index contributed by atoms with van der Waals surface area (Å²) in [6, 6.07) is 4.98. The zero-order valence-electron chi connectivity index (χ0n) is 10.3. The lowest BCUT2D eigenvalue weighted by atomic mass is 10.0. The third-order valence-corrected chi connectivity index (χ3v) is 2.78. The Labute approximate surface area is 108 Å². The quantitative estimate of drug-likeness (QED) is 0.927. The molecule has 19 heavy (non-hydrogen) atoms. The Morgan fingerprint density at radius 2 is 1.89 bits per heavy atom. The third-order valence-electron chi connectivity index (χ3n) is 2.78. The van der Waals surface area contributed by atoms with Crippen LogP contribution in [0.15, 0.2) is 35.1 Å². The Kier molecular flexibility index (Phi) is 3.90. The predicted octanol–water partition coefficient (Wildman–Crippen LogP) is 3.12. The third kappa shape index (κ3) is 3.14. The number of aromatic nitrogens is 1. The molecule has 0 fully saturated rings. The molecule has 1 heterocycles. The van der Waals surface area contributed by atoms with Crippen LogP contribution in [-0.4, -0.2) is 18.7 Å². The van der Waals surface area contributed by atoms with E-state index in [1.54, 1.807) is 0 Å². The summed E-state index contributed by atoms with van der Waals surface area (Å²) >= 11 is 0. The maximum Gasteiger partial charge on any atom is 0.416 e. The summed E-state index contributed by atoms with van der Waals surface area (Å²) in [5.41, 5.74) is 1.46. The summed E-state index contributed by atoms with van der Waals surface area (Å²) in [5.74, 6) is 0. The molecular formula is C13H13F3N2O. The molecule has 0 amide bonds. The number of rotatable bonds is 4. The van der Waals surface area contributed by atoms with Gasteiger partial charge in [0.15, 0.2) is 0 Å². The maximum absolute atomic E-state index is 12.5. The molecular weight excluding hydrogens is 257 g/mol. The highest BCUT2D eigenvalue weighted by Gasteiger charge is 2.30. The second-order valence-electron chi connectivity index (χ2n) is 4.10. The topological polar surface area (TPSA) is 38.1 Å². The van der Waals surface area contributed by atoms with E-state index in [0.29, 0.717) is 12.0 Å². The molecule has 0 unspecified atom stereocenters. The molecule has 0 saturated heterocycles. The summed E-state index contributed by atoms with van der Waals surface area (Å²) in [6.45, 7) is 0.722. The summed E-state index contributed by atoms with van der Waals surface area (Å²) in [4.78, 5) is 0. The second kappa shape index (κ2) is 5.44. The fourth-order valence-electron chi connectivity index (χ4n) is 1.76. The van der Waals surface area contributed by atoms with E-state index in [1.165, 1.54) is 18.4 Å². The highest BCUT2D eigenvalue weighted by Crippen LogP contribution is 2.31. The van der Waals surface area contributed by atoms with Crippen molar-refractivity contribution in [3.63, 3.8) is 0 Å². The van der Waals surface area contributed by atoms with Gasteiger partial charge < -0.3 is 9.84 Å². The van der Waals surface area contributed by atoms with Gasteiger partial charge in [-0.15, -0.1) is 0 Å². The standard InChI is InChI=1S/C13H13F3N2O/c1-17-7-6-12-11(8-19-18-12)9-2-4-10(5-3-9)13(14,15)16/h2-5,8,17H,6-7H2,1H3. The van der Waals surface area contributed by atoms with Crippen molar-refractivity contribution in [2.24, 2.45) is 0 Å². The lowest BCUT2D eigenvalue weighted by molar-refractivity contribution is -0.137. The van der Waals surface area contributed by atoms with Gasteiger partial charge >= 0.3 is 6.18 Å². The Hall–Kier alpha value is -1.82. The van der Waals surface area contributed by atoms with E-state index in [-0.39, 0.29) is 0 Å². The number of nitrogens with zero attached hydrogens (tertiary/aromatic N) is 1. The van der Waals surface area contributed by atoms with Crippen LogP contribution in [0, 0.1) is 0 Å². The molecule has 0 aliphatic rings. The monoisotopic (exact) mass is 270 g/mol. The number of halogens is 3. The van der Waals surface area contributed by atoms with Gasteiger partial charge in [0.1, 0.15) is 6.26 Å². The van der Waals surface area contributed by atoms with E-state index in [1.807, 2.05) is 7.05 Å². The Balaban J connectivity index is 2.25. The Morgan fingerprint density at radius 3 is 2.47 bits per heavy atom. The van der Waals surface area contributed by atoms with Crippen LogP contribution in [0.2, 0.25) is 0 Å². The number of alkyl halides is 3. The van der Waals surface area contributed by atoms with Crippen molar-refractivity contribution in [1.82, 2.24) is 10.5 Å². The first-order chi connectivity index (χ1) is 9.02. The van der Waals surface area contributed by atoms with Gasteiger partial charge in [-0.1, -0.05) is 17.3 Å². The summed E-state index contributed by atoms with van der Waals surface area (Å²) in [5, 5.41) is 6.85. The SMILES string of the molecule is CNCCc1nocc1-c1ccc(C(F)(F)F)cc1.